The fourth-order valence-electron chi connectivity index (χ4n) is 3.12. The number of halogens is 2. The van der Waals surface area contributed by atoms with Gasteiger partial charge in [-0.15, -0.1) is 11.8 Å². The molecule has 160 valence electrons. The van der Waals surface area contributed by atoms with E-state index < -0.39 is 12.0 Å². The number of hydrogen-bond acceptors (Lipinski definition) is 5. The van der Waals surface area contributed by atoms with Gasteiger partial charge in [-0.25, -0.2) is 4.79 Å². The fraction of sp³-hybridized carbons (Fsp3) is 0.364. The first-order valence-electron chi connectivity index (χ1n) is 9.67. The molecule has 8 heteroatoms. The zero-order valence-corrected chi connectivity index (χ0v) is 18.9. The lowest BCUT2D eigenvalue weighted by atomic mass is 10.1. The average molecular weight is 468 g/mol. The molecule has 3 rings (SSSR count). The number of benzene rings is 2. The second-order valence-corrected chi connectivity index (χ2v) is 8.75. The molecule has 0 saturated carbocycles. The number of amides is 1. The minimum absolute atomic E-state index is 0.134. The number of ether oxygens (including phenoxy) is 2. The quantitative estimate of drug-likeness (QED) is 0.505. The van der Waals surface area contributed by atoms with Gasteiger partial charge in [0.15, 0.2) is 0 Å². The highest BCUT2D eigenvalue weighted by Gasteiger charge is 2.43. The van der Waals surface area contributed by atoms with Gasteiger partial charge < -0.3 is 14.4 Å². The summed E-state index contributed by atoms with van der Waals surface area (Å²) in [5.74, 6) is -0.230. The van der Waals surface area contributed by atoms with Crippen LogP contribution in [0, 0.1) is 0 Å². The van der Waals surface area contributed by atoms with Gasteiger partial charge in [-0.3, -0.25) is 4.79 Å². The fourth-order valence-corrected chi connectivity index (χ4v) is 4.85. The van der Waals surface area contributed by atoms with Crippen molar-refractivity contribution in [3.05, 3.63) is 69.7 Å². The van der Waals surface area contributed by atoms with Gasteiger partial charge in [0.2, 0.25) is 0 Å². The molecule has 2 aromatic rings. The Morgan fingerprint density at radius 3 is 2.60 bits per heavy atom. The number of carbonyl (C=O) groups excluding carboxylic acids is 2. The Balaban J connectivity index is 1.75. The maximum absolute atomic E-state index is 13.1. The van der Waals surface area contributed by atoms with Gasteiger partial charge in [0, 0.05) is 5.75 Å². The van der Waals surface area contributed by atoms with E-state index in [0.29, 0.717) is 29.0 Å². The Kier molecular flexibility index (Phi) is 8.45. The Morgan fingerprint density at radius 2 is 1.90 bits per heavy atom. The third kappa shape index (κ3) is 5.70. The minimum atomic E-state index is -0.672. The van der Waals surface area contributed by atoms with E-state index in [2.05, 4.69) is 0 Å². The molecule has 1 aliphatic heterocycles. The van der Waals surface area contributed by atoms with E-state index in [-0.39, 0.29) is 17.9 Å². The predicted octanol–water partition coefficient (Wildman–Crippen LogP) is 5.11. The summed E-state index contributed by atoms with van der Waals surface area (Å²) in [6.07, 6.45) is 0.718. The largest absolute Gasteiger partial charge is 0.464 e. The highest BCUT2D eigenvalue weighted by atomic mass is 35.5. The van der Waals surface area contributed by atoms with Crippen molar-refractivity contribution in [3.63, 3.8) is 0 Å². The van der Waals surface area contributed by atoms with Crippen LogP contribution < -0.4 is 0 Å². The maximum Gasteiger partial charge on any atom is 0.329 e. The van der Waals surface area contributed by atoms with Crippen molar-refractivity contribution in [2.75, 3.05) is 19.0 Å². The van der Waals surface area contributed by atoms with Crippen LogP contribution in [0.15, 0.2) is 48.5 Å². The summed E-state index contributed by atoms with van der Waals surface area (Å²) in [7, 11) is 0. The number of carbonyl (C=O) groups is 2. The molecule has 1 aliphatic rings. The molecular formula is C22H23Cl2NO4S. The van der Waals surface area contributed by atoms with Gasteiger partial charge in [-0.2, -0.15) is 0 Å². The average Bonchev–Trinajstić information content (AvgIpc) is 3.20. The van der Waals surface area contributed by atoms with Crippen LogP contribution >= 0.6 is 35.0 Å². The van der Waals surface area contributed by atoms with Gasteiger partial charge in [-0.1, -0.05) is 66.5 Å². The van der Waals surface area contributed by atoms with E-state index in [4.69, 9.17) is 32.7 Å². The van der Waals surface area contributed by atoms with Crippen LogP contribution in [0.2, 0.25) is 10.0 Å². The lowest BCUT2D eigenvalue weighted by molar-refractivity contribution is -0.155. The highest BCUT2D eigenvalue weighted by Crippen LogP contribution is 2.43. The molecule has 0 aromatic heterocycles. The minimum Gasteiger partial charge on any atom is -0.464 e. The molecule has 1 fully saturated rings. The Labute approximate surface area is 190 Å². The molecule has 1 heterocycles. The van der Waals surface area contributed by atoms with Crippen LogP contribution in [0.4, 0.5) is 0 Å². The van der Waals surface area contributed by atoms with Crippen molar-refractivity contribution in [2.24, 2.45) is 0 Å². The number of rotatable bonds is 8. The molecule has 0 bridgehead atoms. The van der Waals surface area contributed by atoms with Crippen LogP contribution in [0.5, 0.6) is 0 Å². The number of thioether (sulfide) groups is 1. The Morgan fingerprint density at radius 1 is 1.13 bits per heavy atom. The van der Waals surface area contributed by atoms with Crippen molar-refractivity contribution in [2.45, 2.75) is 31.4 Å². The van der Waals surface area contributed by atoms with Crippen LogP contribution in [-0.4, -0.2) is 41.8 Å². The predicted molar refractivity (Wildman–Crippen MR) is 120 cm³/mol. The van der Waals surface area contributed by atoms with Crippen LogP contribution in [-0.2, 0) is 25.7 Å². The summed E-state index contributed by atoms with van der Waals surface area (Å²) in [4.78, 5) is 27.2. The smallest absolute Gasteiger partial charge is 0.329 e. The molecule has 0 N–H and O–H groups in total. The highest BCUT2D eigenvalue weighted by molar-refractivity contribution is 7.99. The third-order valence-corrected chi connectivity index (χ3v) is 6.64. The zero-order chi connectivity index (χ0) is 21.5. The van der Waals surface area contributed by atoms with Gasteiger partial charge in [-0.05, 0) is 29.7 Å². The first kappa shape index (κ1) is 22.9. The Bertz CT molecular complexity index is 881. The second kappa shape index (κ2) is 11.0. The number of nitrogens with zero attached hydrogens (tertiary/aromatic N) is 1. The molecule has 2 atom stereocenters. The molecule has 5 nitrogen and oxygen atoms in total. The lowest BCUT2D eigenvalue weighted by Gasteiger charge is -2.28. The summed E-state index contributed by atoms with van der Waals surface area (Å²) in [5.41, 5.74) is 1.78. The molecule has 2 unspecified atom stereocenters. The van der Waals surface area contributed by atoms with E-state index in [0.717, 1.165) is 17.5 Å². The topological polar surface area (TPSA) is 55.8 Å². The third-order valence-electron chi connectivity index (χ3n) is 4.57. The Hall–Kier alpha value is -1.73. The SMILES string of the molecule is CCCOC(=O)C1CSC(c2ccc(Cl)c(Cl)c2)N1C(=O)COCc1ccccc1. The molecule has 0 spiro atoms. The summed E-state index contributed by atoms with van der Waals surface area (Å²) in [5, 5.41) is 0.470. The summed E-state index contributed by atoms with van der Waals surface area (Å²) in [6.45, 7) is 2.43. The molecule has 1 saturated heterocycles. The standard InChI is InChI=1S/C22H23Cl2NO4S/c1-2-10-29-22(27)19-14-30-21(16-8-9-17(23)18(24)11-16)25(19)20(26)13-28-12-15-6-4-3-5-7-15/h3-9,11,19,21H,2,10,12-14H2,1H3. The normalized spacial score (nSPS) is 18.4. The van der Waals surface area contributed by atoms with Crippen molar-refractivity contribution >= 4 is 46.8 Å². The van der Waals surface area contributed by atoms with Crippen LogP contribution in [0.1, 0.15) is 29.8 Å². The molecular weight excluding hydrogens is 445 g/mol. The lowest BCUT2D eigenvalue weighted by Crippen LogP contribution is -2.45. The molecule has 1 amide bonds. The van der Waals surface area contributed by atoms with E-state index in [1.165, 1.54) is 11.8 Å². The first-order valence-corrected chi connectivity index (χ1v) is 11.5. The van der Waals surface area contributed by atoms with Crippen molar-refractivity contribution < 1.29 is 19.1 Å². The van der Waals surface area contributed by atoms with E-state index >= 15 is 0 Å². The zero-order valence-electron chi connectivity index (χ0n) is 16.6. The van der Waals surface area contributed by atoms with Crippen molar-refractivity contribution in [1.82, 2.24) is 4.90 Å². The molecule has 0 radical (unpaired) electrons. The summed E-state index contributed by atoms with van der Waals surface area (Å²) >= 11 is 13.7. The van der Waals surface area contributed by atoms with Crippen molar-refractivity contribution in [3.8, 4) is 0 Å². The molecule has 30 heavy (non-hydrogen) atoms. The van der Waals surface area contributed by atoms with E-state index in [9.17, 15) is 9.59 Å². The van der Waals surface area contributed by atoms with Gasteiger partial charge >= 0.3 is 5.97 Å². The number of esters is 1. The van der Waals surface area contributed by atoms with Gasteiger partial charge in [0.05, 0.1) is 23.3 Å². The summed E-state index contributed by atoms with van der Waals surface area (Å²) in [6, 6.07) is 14.2. The van der Waals surface area contributed by atoms with Gasteiger partial charge in [0.1, 0.15) is 18.0 Å². The van der Waals surface area contributed by atoms with Crippen LogP contribution in [0.25, 0.3) is 0 Å². The van der Waals surface area contributed by atoms with E-state index in [1.54, 1.807) is 17.0 Å². The molecule has 2 aromatic carbocycles. The van der Waals surface area contributed by atoms with E-state index in [1.807, 2.05) is 43.3 Å². The molecule has 0 aliphatic carbocycles. The van der Waals surface area contributed by atoms with Crippen molar-refractivity contribution in [1.29, 1.82) is 0 Å². The monoisotopic (exact) mass is 467 g/mol. The maximum atomic E-state index is 13.1. The van der Waals surface area contributed by atoms with Gasteiger partial charge in [0.25, 0.3) is 5.91 Å². The first-order chi connectivity index (χ1) is 14.5. The second-order valence-electron chi connectivity index (χ2n) is 6.82. The van der Waals surface area contributed by atoms with Crippen LogP contribution in [0.3, 0.4) is 0 Å². The number of hydrogen-bond donors (Lipinski definition) is 0. The summed E-state index contributed by atoms with van der Waals surface area (Å²) < 4.78 is 11.0.